The van der Waals surface area contributed by atoms with Crippen molar-refractivity contribution in [3.63, 3.8) is 0 Å². The number of halogens is 1. The molecule has 0 spiro atoms. The van der Waals surface area contributed by atoms with Gasteiger partial charge in [-0.3, -0.25) is 9.59 Å². The number of aromatic amines is 1. The van der Waals surface area contributed by atoms with E-state index in [1.165, 1.54) is 6.08 Å². The highest BCUT2D eigenvalue weighted by molar-refractivity contribution is 9.10. The molecule has 142 valence electrons. The smallest absolute Gasteiger partial charge is 0.271 e. The SMILES string of the molecule is C=CC(=O)N[C@H]1CCCN(c2cccc(N(C)c3cc(Br)c[nH]c3=O)n2)C1. The summed E-state index contributed by atoms with van der Waals surface area (Å²) >= 11 is 3.38. The first kappa shape index (κ1) is 19.2. The number of carbonyl (C=O) groups excluding carboxylic acids is 1. The molecule has 1 atom stereocenters. The molecule has 1 fully saturated rings. The van der Waals surface area contributed by atoms with Gasteiger partial charge in [0.15, 0.2) is 0 Å². The topological polar surface area (TPSA) is 81.3 Å². The Labute approximate surface area is 166 Å². The molecule has 8 heteroatoms. The Hall–Kier alpha value is -2.61. The van der Waals surface area contributed by atoms with Crippen LogP contribution in [0.25, 0.3) is 0 Å². The third kappa shape index (κ3) is 4.57. The molecule has 2 aromatic heterocycles. The first-order valence-corrected chi connectivity index (χ1v) is 9.54. The lowest BCUT2D eigenvalue weighted by molar-refractivity contribution is -0.117. The molecular weight excluding hydrogens is 410 g/mol. The highest BCUT2D eigenvalue weighted by Gasteiger charge is 2.22. The maximum Gasteiger partial charge on any atom is 0.271 e. The van der Waals surface area contributed by atoms with Crippen molar-refractivity contribution in [3.8, 4) is 0 Å². The number of anilines is 3. The van der Waals surface area contributed by atoms with Crippen molar-refractivity contribution in [1.29, 1.82) is 0 Å². The van der Waals surface area contributed by atoms with Crippen LogP contribution in [0.2, 0.25) is 0 Å². The Bertz CT molecular complexity index is 898. The van der Waals surface area contributed by atoms with Gasteiger partial charge in [-0.25, -0.2) is 4.98 Å². The zero-order chi connectivity index (χ0) is 19.4. The molecule has 1 aliphatic rings. The molecule has 0 unspecified atom stereocenters. The quantitative estimate of drug-likeness (QED) is 0.710. The number of H-pyrrole nitrogens is 1. The molecule has 0 radical (unpaired) electrons. The van der Waals surface area contributed by atoms with Crippen LogP contribution in [0.3, 0.4) is 0 Å². The zero-order valence-electron chi connectivity index (χ0n) is 15.1. The Morgan fingerprint density at radius 1 is 1.52 bits per heavy atom. The van der Waals surface area contributed by atoms with Crippen LogP contribution in [0, 0.1) is 0 Å². The van der Waals surface area contributed by atoms with Gasteiger partial charge in [0.1, 0.15) is 17.3 Å². The van der Waals surface area contributed by atoms with Crippen molar-refractivity contribution in [3.05, 3.63) is 57.9 Å². The molecule has 27 heavy (non-hydrogen) atoms. The fraction of sp³-hybridized carbons (Fsp3) is 0.316. The number of hydrogen-bond acceptors (Lipinski definition) is 5. The molecule has 3 heterocycles. The number of hydrogen-bond donors (Lipinski definition) is 2. The lowest BCUT2D eigenvalue weighted by atomic mass is 10.1. The largest absolute Gasteiger partial charge is 0.354 e. The van der Waals surface area contributed by atoms with E-state index in [-0.39, 0.29) is 17.5 Å². The van der Waals surface area contributed by atoms with E-state index in [2.05, 4.69) is 37.7 Å². The average molecular weight is 432 g/mol. The normalized spacial score (nSPS) is 16.7. The van der Waals surface area contributed by atoms with Crippen molar-refractivity contribution in [2.75, 3.05) is 29.9 Å². The second-order valence-corrected chi connectivity index (χ2v) is 7.36. The van der Waals surface area contributed by atoms with Gasteiger partial charge in [-0.2, -0.15) is 0 Å². The van der Waals surface area contributed by atoms with Gasteiger partial charge in [0.05, 0.1) is 0 Å². The molecule has 0 aliphatic carbocycles. The maximum atomic E-state index is 12.1. The van der Waals surface area contributed by atoms with Gasteiger partial charge in [0.25, 0.3) is 5.56 Å². The fourth-order valence-corrected chi connectivity index (χ4v) is 3.49. The molecule has 2 N–H and O–H groups in total. The summed E-state index contributed by atoms with van der Waals surface area (Å²) in [6, 6.07) is 7.56. The van der Waals surface area contributed by atoms with Gasteiger partial charge < -0.3 is 20.1 Å². The third-order valence-electron chi connectivity index (χ3n) is 4.55. The van der Waals surface area contributed by atoms with Gasteiger partial charge in [0, 0.05) is 36.8 Å². The molecule has 0 bridgehead atoms. The van der Waals surface area contributed by atoms with Gasteiger partial charge >= 0.3 is 0 Å². The van der Waals surface area contributed by atoms with E-state index in [4.69, 9.17) is 4.98 Å². The maximum absolute atomic E-state index is 12.1. The van der Waals surface area contributed by atoms with Crippen LogP contribution >= 0.6 is 15.9 Å². The summed E-state index contributed by atoms with van der Waals surface area (Å²) in [4.78, 5) is 35.1. The minimum atomic E-state index is -0.182. The summed E-state index contributed by atoms with van der Waals surface area (Å²) in [5, 5.41) is 2.96. The van der Waals surface area contributed by atoms with Gasteiger partial charge in [0.2, 0.25) is 5.91 Å². The monoisotopic (exact) mass is 431 g/mol. The summed E-state index contributed by atoms with van der Waals surface area (Å²) < 4.78 is 0.789. The summed E-state index contributed by atoms with van der Waals surface area (Å²) in [5.74, 6) is 1.34. The second kappa shape index (κ2) is 8.39. The molecule has 1 amide bonds. The molecule has 1 saturated heterocycles. The van der Waals surface area contributed by atoms with E-state index in [0.29, 0.717) is 18.1 Å². The number of aromatic nitrogens is 2. The molecule has 2 aromatic rings. The minimum Gasteiger partial charge on any atom is -0.354 e. The van der Waals surface area contributed by atoms with Crippen LogP contribution in [-0.4, -0.2) is 42.1 Å². The fourth-order valence-electron chi connectivity index (χ4n) is 3.16. The van der Waals surface area contributed by atoms with E-state index in [1.807, 2.05) is 25.2 Å². The van der Waals surface area contributed by atoms with Crippen LogP contribution in [0.1, 0.15) is 12.8 Å². The lowest BCUT2D eigenvalue weighted by Gasteiger charge is -2.34. The number of nitrogens with zero attached hydrogens (tertiary/aromatic N) is 3. The van der Waals surface area contributed by atoms with E-state index in [9.17, 15) is 9.59 Å². The lowest BCUT2D eigenvalue weighted by Crippen LogP contribution is -2.47. The third-order valence-corrected chi connectivity index (χ3v) is 5.01. The van der Waals surface area contributed by atoms with E-state index < -0.39 is 0 Å². The van der Waals surface area contributed by atoms with E-state index in [1.54, 1.807) is 17.2 Å². The van der Waals surface area contributed by atoms with E-state index >= 15 is 0 Å². The van der Waals surface area contributed by atoms with Gasteiger partial charge in [-0.05, 0) is 53.0 Å². The van der Waals surface area contributed by atoms with Crippen molar-refractivity contribution in [1.82, 2.24) is 15.3 Å². The van der Waals surface area contributed by atoms with Crippen LogP contribution < -0.4 is 20.7 Å². The van der Waals surface area contributed by atoms with Crippen LogP contribution in [-0.2, 0) is 4.79 Å². The zero-order valence-corrected chi connectivity index (χ0v) is 16.7. The minimum absolute atomic E-state index is 0.0698. The van der Waals surface area contributed by atoms with Crippen LogP contribution in [0.5, 0.6) is 0 Å². The molecular formula is C19H22BrN5O2. The Balaban J connectivity index is 1.80. The molecule has 0 aromatic carbocycles. The average Bonchev–Trinajstić information content (AvgIpc) is 2.69. The van der Waals surface area contributed by atoms with Crippen molar-refractivity contribution >= 4 is 39.2 Å². The van der Waals surface area contributed by atoms with E-state index in [0.717, 1.165) is 29.7 Å². The van der Waals surface area contributed by atoms with Crippen molar-refractivity contribution in [2.24, 2.45) is 0 Å². The van der Waals surface area contributed by atoms with Crippen LogP contribution in [0.15, 0.2) is 52.4 Å². The second-order valence-electron chi connectivity index (χ2n) is 6.44. The Morgan fingerprint density at radius 3 is 3.11 bits per heavy atom. The number of piperidine rings is 1. The number of carbonyl (C=O) groups is 1. The highest BCUT2D eigenvalue weighted by atomic mass is 79.9. The number of amides is 1. The van der Waals surface area contributed by atoms with Gasteiger partial charge in [-0.15, -0.1) is 0 Å². The Kier molecular flexibility index (Phi) is 5.95. The van der Waals surface area contributed by atoms with Crippen molar-refractivity contribution in [2.45, 2.75) is 18.9 Å². The number of pyridine rings is 2. The predicted molar refractivity (Wildman–Crippen MR) is 111 cm³/mol. The highest BCUT2D eigenvalue weighted by Crippen LogP contribution is 2.25. The van der Waals surface area contributed by atoms with Crippen LogP contribution in [0.4, 0.5) is 17.3 Å². The molecule has 0 saturated carbocycles. The number of rotatable bonds is 5. The standard InChI is InChI=1S/C19H22BrN5O2/c1-3-18(26)22-14-6-5-9-25(12-14)17-8-4-7-16(23-17)24(2)15-10-13(20)11-21-19(15)27/h3-4,7-8,10-11,14H,1,5-6,9,12H2,2H3,(H,21,27)(H,22,26)/t14-/m0/s1. The summed E-state index contributed by atoms with van der Waals surface area (Å²) in [5.41, 5.74) is 0.321. The first-order valence-electron chi connectivity index (χ1n) is 8.75. The first-order chi connectivity index (χ1) is 13.0. The number of nitrogens with one attached hydrogen (secondary N) is 2. The predicted octanol–water partition coefficient (Wildman–Crippen LogP) is 2.57. The van der Waals surface area contributed by atoms with Gasteiger partial charge in [-0.1, -0.05) is 12.6 Å². The Morgan fingerprint density at radius 2 is 2.33 bits per heavy atom. The summed E-state index contributed by atoms with van der Waals surface area (Å²) in [6.07, 6.45) is 4.80. The molecule has 3 rings (SSSR count). The molecule has 1 aliphatic heterocycles. The van der Waals surface area contributed by atoms with Crippen molar-refractivity contribution < 1.29 is 4.79 Å². The molecule has 7 nitrogen and oxygen atoms in total. The summed E-state index contributed by atoms with van der Waals surface area (Å²) in [6.45, 7) is 5.07. The summed E-state index contributed by atoms with van der Waals surface area (Å²) in [7, 11) is 1.81.